The van der Waals surface area contributed by atoms with Gasteiger partial charge in [-0.1, -0.05) is 36.7 Å². The average molecular weight is 404 g/mol. The normalized spacial score (nSPS) is 28.1. The van der Waals surface area contributed by atoms with Gasteiger partial charge in [0.1, 0.15) is 6.10 Å². The number of carbonyl (C=O) groups excluding carboxylic acids is 1. The summed E-state index contributed by atoms with van der Waals surface area (Å²) in [5, 5.41) is 3.42. The van der Waals surface area contributed by atoms with Crippen LogP contribution < -0.4 is 5.32 Å². The van der Waals surface area contributed by atoms with E-state index >= 15 is 0 Å². The quantitative estimate of drug-likeness (QED) is 0.675. The largest absolute Gasteiger partial charge is 0.445 e. The van der Waals surface area contributed by atoms with E-state index in [0.29, 0.717) is 11.5 Å². The van der Waals surface area contributed by atoms with E-state index in [4.69, 9.17) is 16.3 Å². The van der Waals surface area contributed by atoms with Gasteiger partial charge in [-0.2, -0.15) is 24.9 Å². The first-order valence-electron chi connectivity index (χ1n) is 8.08. The molecule has 1 saturated heterocycles. The number of nitrogens with one attached hydrogen (secondary N) is 1. The first-order chi connectivity index (χ1) is 12.2. The van der Waals surface area contributed by atoms with E-state index in [2.05, 4.69) is 12.2 Å². The van der Waals surface area contributed by atoms with Gasteiger partial charge in [0.15, 0.2) is 0 Å². The average Bonchev–Trinajstić information content (AvgIpc) is 2.55. The molecule has 1 amide bonds. The van der Waals surface area contributed by atoms with Crippen LogP contribution in [0.1, 0.15) is 18.9 Å². The molecule has 2 aliphatic rings. The van der Waals surface area contributed by atoms with Gasteiger partial charge in [-0.25, -0.2) is 4.79 Å². The lowest BCUT2D eigenvalue weighted by Gasteiger charge is -2.38. The van der Waals surface area contributed by atoms with Gasteiger partial charge in [-0.3, -0.25) is 5.32 Å². The van der Waals surface area contributed by atoms with Gasteiger partial charge >= 0.3 is 12.3 Å². The van der Waals surface area contributed by atoms with Crippen molar-refractivity contribution in [2.75, 3.05) is 5.32 Å². The van der Waals surface area contributed by atoms with Crippen molar-refractivity contribution < 1.29 is 22.7 Å². The molecule has 3 rings (SSSR count). The number of amides is 1. The van der Waals surface area contributed by atoms with Crippen molar-refractivity contribution in [2.24, 2.45) is 5.92 Å². The highest BCUT2D eigenvalue weighted by molar-refractivity contribution is 8.00. The van der Waals surface area contributed by atoms with Crippen molar-refractivity contribution in [2.45, 2.75) is 36.1 Å². The predicted octanol–water partition coefficient (Wildman–Crippen LogP) is 5.83. The van der Waals surface area contributed by atoms with Crippen molar-refractivity contribution in [1.29, 1.82) is 0 Å². The maximum Gasteiger partial charge on any atom is 0.416 e. The summed E-state index contributed by atoms with van der Waals surface area (Å²) >= 11 is 7.85. The first-order valence-corrected chi connectivity index (χ1v) is 9.40. The summed E-state index contributed by atoms with van der Waals surface area (Å²) < 4.78 is 43.8. The third kappa shape index (κ3) is 4.57. The van der Waals surface area contributed by atoms with Crippen LogP contribution in [0.15, 0.2) is 47.5 Å². The molecule has 26 heavy (non-hydrogen) atoms. The molecule has 1 heterocycles. The fraction of sp³-hybridized carbons (Fsp3) is 0.389. The van der Waals surface area contributed by atoms with Crippen LogP contribution in [0, 0.1) is 5.92 Å². The van der Waals surface area contributed by atoms with Crippen molar-refractivity contribution in [3.63, 3.8) is 0 Å². The maximum atomic E-state index is 12.8. The van der Waals surface area contributed by atoms with Crippen LogP contribution in [0.3, 0.4) is 0 Å². The molecule has 1 aromatic carbocycles. The number of alkyl halides is 3. The standard InChI is InChI=1S/C18H17ClF3NO2S/c1-10-7-15(14-9-12(19)5-6-16(14)26-10)25-17(24)23-13-4-2-3-11(8-13)18(20,21)22/h2-6,8-10,14-16H,7H2,1H3,(H,23,24)/t10-,14-,15-,16-/m0/s1. The number of benzene rings is 1. The van der Waals surface area contributed by atoms with Crippen LogP contribution in [0.25, 0.3) is 0 Å². The monoisotopic (exact) mass is 403 g/mol. The van der Waals surface area contributed by atoms with Gasteiger partial charge in [0.25, 0.3) is 0 Å². The van der Waals surface area contributed by atoms with Crippen LogP contribution >= 0.6 is 23.4 Å². The lowest BCUT2D eigenvalue weighted by Crippen LogP contribution is -2.40. The molecule has 0 radical (unpaired) electrons. The Labute approximate surface area is 158 Å². The second-order valence-electron chi connectivity index (χ2n) is 6.28. The number of rotatable bonds is 2. The summed E-state index contributed by atoms with van der Waals surface area (Å²) in [5.41, 5.74) is -0.790. The van der Waals surface area contributed by atoms with Crippen LogP contribution in [0.2, 0.25) is 0 Å². The molecular weight excluding hydrogens is 387 g/mol. The number of hydrogen-bond acceptors (Lipinski definition) is 3. The zero-order valence-electron chi connectivity index (χ0n) is 13.8. The molecule has 1 fully saturated rings. The Hall–Kier alpha value is -1.60. The van der Waals surface area contributed by atoms with Gasteiger partial charge in [0, 0.05) is 27.1 Å². The Bertz CT molecular complexity index is 750. The molecule has 1 aromatic rings. The smallest absolute Gasteiger partial charge is 0.416 e. The molecule has 0 bridgehead atoms. The lowest BCUT2D eigenvalue weighted by molar-refractivity contribution is -0.137. The van der Waals surface area contributed by atoms with Crippen molar-refractivity contribution in [3.8, 4) is 0 Å². The number of fused-ring (bicyclic) bond motifs is 1. The number of halogens is 4. The molecule has 8 heteroatoms. The molecule has 4 atom stereocenters. The summed E-state index contributed by atoms with van der Waals surface area (Å²) in [5.74, 6) is -0.0547. The minimum Gasteiger partial charge on any atom is -0.445 e. The number of allylic oxidation sites excluding steroid dienone is 2. The van der Waals surface area contributed by atoms with E-state index < -0.39 is 17.8 Å². The number of carbonyl (C=O) groups is 1. The van der Waals surface area contributed by atoms with Gasteiger partial charge in [0.2, 0.25) is 0 Å². The molecule has 3 nitrogen and oxygen atoms in total. The van der Waals surface area contributed by atoms with Crippen LogP contribution in [0.5, 0.6) is 0 Å². The van der Waals surface area contributed by atoms with Crippen molar-refractivity contribution >= 4 is 35.1 Å². The fourth-order valence-electron chi connectivity index (χ4n) is 3.10. The van der Waals surface area contributed by atoms with Gasteiger partial charge in [0.05, 0.1) is 5.56 Å². The van der Waals surface area contributed by atoms with Crippen LogP contribution in [-0.4, -0.2) is 22.7 Å². The third-order valence-corrected chi connectivity index (χ3v) is 5.95. The van der Waals surface area contributed by atoms with Gasteiger partial charge in [-0.05, 0) is 30.7 Å². The SMILES string of the molecule is C[C@H]1C[C@H](OC(=O)Nc2cccc(C(F)(F)F)c2)[C@@H]2C=C(Cl)C=C[C@@H]2S1. The van der Waals surface area contributed by atoms with E-state index in [1.165, 1.54) is 12.1 Å². The van der Waals surface area contributed by atoms with Crippen molar-refractivity contribution in [1.82, 2.24) is 0 Å². The Morgan fingerprint density at radius 2 is 2.15 bits per heavy atom. The molecule has 0 spiro atoms. The molecule has 1 aliphatic heterocycles. The Morgan fingerprint density at radius 1 is 1.38 bits per heavy atom. The van der Waals surface area contributed by atoms with Crippen LogP contribution in [-0.2, 0) is 10.9 Å². The maximum absolute atomic E-state index is 12.8. The molecule has 0 unspecified atom stereocenters. The lowest BCUT2D eigenvalue weighted by atomic mass is 9.90. The molecule has 0 aromatic heterocycles. The predicted molar refractivity (Wildman–Crippen MR) is 97.4 cm³/mol. The van der Waals surface area contributed by atoms with E-state index in [9.17, 15) is 18.0 Å². The van der Waals surface area contributed by atoms with E-state index in [1.54, 1.807) is 11.8 Å². The first kappa shape index (κ1) is 19.2. The molecule has 0 saturated carbocycles. The second kappa shape index (κ2) is 7.56. The number of ether oxygens (including phenoxy) is 1. The molecule has 1 N–H and O–H groups in total. The van der Waals surface area contributed by atoms with E-state index in [1.807, 2.05) is 18.2 Å². The Balaban J connectivity index is 1.68. The molecular formula is C18H17ClF3NO2S. The number of anilines is 1. The summed E-state index contributed by atoms with van der Waals surface area (Å²) in [6.07, 6.45) is 0.707. The molecule has 140 valence electrons. The highest BCUT2D eigenvalue weighted by atomic mass is 35.5. The zero-order valence-corrected chi connectivity index (χ0v) is 15.4. The summed E-state index contributed by atoms with van der Waals surface area (Å²) in [6, 6.07) is 4.45. The number of hydrogen-bond donors (Lipinski definition) is 1. The van der Waals surface area contributed by atoms with E-state index in [0.717, 1.165) is 12.1 Å². The minimum atomic E-state index is -4.47. The Morgan fingerprint density at radius 3 is 2.88 bits per heavy atom. The van der Waals surface area contributed by atoms with Crippen molar-refractivity contribution in [3.05, 3.63) is 53.1 Å². The minimum absolute atomic E-state index is 0.0386. The second-order valence-corrected chi connectivity index (χ2v) is 8.34. The van der Waals surface area contributed by atoms with Gasteiger partial charge in [-0.15, -0.1) is 0 Å². The van der Waals surface area contributed by atoms with E-state index in [-0.39, 0.29) is 28.2 Å². The summed E-state index contributed by atoms with van der Waals surface area (Å²) in [7, 11) is 0. The fourth-order valence-corrected chi connectivity index (χ4v) is 4.76. The third-order valence-electron chi connectivity index (χ3n) is 4.25. The van der Waals surface area contributed by atoms with Crippen LogP contribution in [0.4, 0.5) is 23.7 Å². The topological polar surface area (TPSA) is 38.3 Å². The highest BCUT2D eigenvalue weighted by Crippen LogP contribution is 2.42. The summed E-state index contributed by atoms with van der Waals surface area (Å²) in [6.45, 7) is 2.05. The zero-order chi connectivity index (χ0) is 18.9. The van der Waals surface area contributed by atoms with Gasteiger partial charge < -0.3 is 4.74 Å². The summed E-state index contributed by atoms with van der Waals surface area (Å²) in [4.78, 5) is 12.2. The number of thioether (sulfide) groups is 1. The highest BCUT2D eigenvalue weighted by Gasteiger charge is 2.38. The Kier molecular flexibility index (Phi) is 5.58. The molecule has 1 aliphatic carbocycles.